The average Bonchev–Trinajstić information content (AvgIpc) is 3.28. The highest BCUT2D eigenvalue weighted by molar-refractivity contribution is 7.89. The summed E-state index contributed by atoms with van der Waals surface area (Å²) in [4.78, 5) is 19.8. The van der Waals surface area contributed by atoms with Crippen molar-refractivity contribution in [3.63, 3.8) is 0 Å². The van der Waals surface area contributed by atoms with E-state index >= 15 is 0 Å². The van der Waals surface area contributed by atoms with Gasteiger partial charge in [0.05, 0.1) is 24.2 Å². The molecule has 0 spiro atoms. The highest BCUT2D eigenvalue weighted by atomic mass is 32.2. The van der Waals surface area contributed by atoms with E-state index in [4.69, 9.17) is 9.15 Å². The monoisotopic (exact) mass is 390 g/mol. The van der Waals surface area contributed by atoms with E-state index in [1.165, 1.54) is 16.4 Å². The lowest BCUT2D eigenvalue weighted by Crippen LogP contribution is -2.40. The van der Waals surface area contributed by atoms with Gasteiger partial charge >= 0.3 is 0 Å². The molecule has 1 aliphatic heterocycles. The van der Waals surface area contributed by atoms with Crippen molar-refractivity contribution in [1.82, 2.24) is 14.3 Å². The van der Waals surface area contributed by atoms with Crippen molar-refractivity contribution in [1.29, 1.82) is 0 Å². The third-order valence-corrected chi connectivity index (χ3v) is 6.00. The number of imidazole rings is 1. The number of rotatable bonds is 4. The Bertz CT molecular complexity index is 1100. The second-order valence-corrected chi connectivity index (χ2v) is 8.01. The van der Waals surface area contributed by atoms with E-state index in [2.05, 4.69) is 15.3 Å². The van der Waals surface area contributed by atoms with Gasteiger partial charge in [0.2, 0.25) is 5.09 Å². The largest absolute Gasteiger partial charge is 0.438 e. The topological polar surface area (TPSA) is 118 Å². The van der Waals surface area contributed by atoms with Gasteiger partial charge in [-0.15, -0.1) is 0 Å². The number of nitrogens with zero attached hydrogens (tertiary/aromatic N) is 2. The van der Waals surface area contributed by atoms with Gasteiger partial charge in [-0.3, -0.25) is 4.79 Å². The van der Waals surface area contributed by atoms with Crippen LogP contribution in [0, 0.1) is 6.92 Å². The second-order valence-electron chi connectivity index (χ2n) is 6.14. The van der Waals surface area contributed by atoms with Crippen LogP contribution in [-0.2, 0) is 14.8 Å². The van der Waals surface area contributed by atoms with Crippen molar-refractivity contribution >= 4 is 32.7 Å². The number of furan rings is 1. The summed E-state index contributed by atoms with van der Waals surface area (Å²) < 4.78 is 36.9. The molecule has 4 rings (SSSR count). The number of morpholine rings is 1. The van der Waals surface area contributed by atoms with E-state index in [0.717, 1.165) is 16.9 Å². The summed E-state index contributed by atoms with van der Waals surface area (Å²) in [7, 11) is -3.78. The summed E-state index contributed by atoms with van der Waals surface area (Å²) in [5.74, 6) is 0.161. The molecule has 1 amide bonds. The first-order valence-electron chi connectivity index (χ1n) is 8.39. The third-order valence-electron chi connectivity index (χ3n) is 4.23. The molecule has 2 N–H and O–H groups in total. The van der Waals surface area contributed by atoms with Crippen LogP contribution < -0.4 is 5.32 Å². The molecule has 1 aromatic carbocycles. The standard InChI is InChI=1S/C17H18N4O5S/c1-11-18-13-3-2-12(10-14(13)19-11)20-17(22)15-4-5-16(26-15)27(23,24)21-6-8-25-9-7-21/h2-5,10H,6-9H2,1H3,(H,18,19)(H,20,22). The first-order valence-corrected chi connectivity index (χ1v) is 9.83. The summed E-state index contributed by atoms with van der Waals surface area (Å²) >= 11 is 0. The lowest BCUT2D eigenvalue weighted by molar-refractivity contribution is 0.0723. The highest BCUT2D eigenvalue weighted by Crippen LogP contribution is 2.22. The first kappa shape index (κ1) is 17.7. The fourth-order valence-corrected chi connectivity index (χ4v) is 4.22. The van der Waals surface area contributed by atoms with E-state index in [9.17, 15) is 13.2 Å². The van der Waals surface area contributed by atoms with Gasteiger partial charge in [-0.1, -0.05) is 0 Å². The molecule has 1 fully saturated rings. The smallest absolute Gasteiger partial charge is 0.291 e. The molecule has 0 saturated carbocycles. The summed E-state index contributed by atoms with van der Waals surface area (Å²) in [6.07, 6.45) is 0. The number of H-pyrrole nitrogens is 1. The maximum absolute atomic E-state index is 12.6. The van der Waals surface area contributed by atoms with Crippen molar-refractivity contribution < 1.29 is 22.4 Å². The van der Waals surface area contributed by atoms with E-state index in [0.29, 0.717) is 18.9 Å². The van der Waals surface area contributed by atoms with Crippen LogP contribution >= 0.6 is 0 Å². The van der Waals surface area contributed by atoms with Gasteiger partial charge in [-0.25, -0.2) is 13.4 Å². The van der Waals surface area contributed by atoms with Gasteiger partial charge in [0.15, 0.2) is 5.76 Å². The molecule has 142 valence electrons. The van der Waals surface area contributed by atoms with Crippen molar-refractivity contribution in [2.75, 3.05) is 31.6 Å². The third kappa shape index (κ3) is 3.46. The van der Waals surface area contributed by atoms with Crippen molar-refractivity contribution in [3.05, 3.63) is 41.9 Å². The van der Waals surface area contributed by atoms with Gasteiger partial charge < -0.3 is 19.5 Å². The summed E-state index contributed by atoms with van der Waals surface area (Å²) in [6.45, 7) is 3.03. The SMILES string of the molecule is Cc1nc2ccc(NC(=O)c3ccc(S(=O)(=O)N4CCOCC4)o3)cc2[nH]1. The number of aromatic amines is 1. The van der Waals surface area contributed by atoms with Gasteiger partial charge in [-0.05, 0) is 37.3 Å². The molecule has 2 aromatic heterocycles. The fourth-order valence-electron chi connectivity index (χ4n) is 2.90. The number of ether oxygens (including phenoxy) is 1. The number of fused-ring (bicyclic) bond motifs is 1. The molecule has 9 nitrogen and oxygen atoms in total. The van der Waals surface area contributed by atoms with Crippen LogP contribution in [0.3, 0.4) is 0 Å². The number of sulfonamides is 1. The predicted octanol–water partition coefficient (Wildman–Crippen LogP) is 1.74. The summed E-state index contributed by atoms with van der Waals surface area (Å²) in [5.41, 5.74) is 2.13. The Balaban J connectivity index is 1.52. The fraction of sp³-hybridized carbons (Fsp3) is 0.294. The quantitative estimate of drug-likeness (QED) is 0.701. The van der Waals surface area contributed by atoms with E-state index in [1.54, 1.807) is 18.2 Å². The number of amides is 1. The van der Waals surface area contributed by atoms with Crippen molar-refractivity contribution in [2.45, 2.75) is 12.0 Å². The van der Waals surface area contributed by atoms with Crippen LogP contribution in [0.25, 0.3) is 11.0 Å². The Morgan fingerprint density at radius 3 is 2.78 bits per heavy atom. The normalized spacial score (nSPS) is 15.9. The lowest BCUT2D eigenvalue weighted by Gasteiger charge is -2.24. The van der Waals surface area contributed by atoms with Gasteiger partial charge in [-0.2, -0.15) is 4.31 Å². The molecular weight excluding hydrogens is 372 g/mol. The molecule has 1 saturated heterocycles. The molecule has 0 unspecified atom stereocenters. The highest BCUT2D eigenvalue weighted by Gasteiger charge is 2.30. The molecule has 0 radical (unpaired) electrons. The number of anilines is 1. The number of carbonyl (C=O) groups excluding carboxylic acids is 1. The molecule has 0 bridgehead atoms. The first-order chi connectivity index (χ1) is 12.9. The maximum atomic E-state index is 12.6. The molecule has 10 heteroatoms. The van der Waals surface area contributed by atoms with Crippen LogP contribution in [-0.4, -0.2) is 54.9 Å². The molecule has 1 aliphatic rings. The number of carbonyl (C=O) groups is 1. The van der Waals surface area contributed by atoms with Gasteiger partial charge in [0.25, 0.3) is 15.9 Å². The number of aromatic nitrogens is 2. The Morgan fingerprint density at radius 2 is 2.00 bits per heavy atom. The zero-order valence-corrected chi connectivity index (χ0v) is 15.4. The minimum absolute atomic E-state index is 0.0808. The Labute approximate surface area is 155 Å². The summed E-state index contributed by atoms with van der Waals surface area (Å²) in [6, 6.07) is 7.89. The minimum atomic E-state index is -3.78. The van der Waals surface area contributed by atoms with Crippen LogP contribution in [0.1, 0.15) is 16.4 Å². The van der Waals surface area contributed by atoms with E-state index < -0.39 is 15.9 Å². The molecule has 3 heterocycles. The van der Waals surface area contributed by atoms with Crippen molar-refractivity contribution in [2.24, 2.45) is 0 Å². The zero-order chi connectivity index (χ0) is 19.0. The zero-order valence-electron chi connectivity index (χ0n) is 14.6. The Kier molecular flexibility index (Phi) is 4.46. The number of aryl methyl sites for hydroxylation is 1. The van der Waals surface area contributed by atoms with E-state index in [-0.39, 0.29) is 23.9 Å². The van der Waals surface area contributed by atoms with E-state index in [1.807, 2.05) is 6.92 Å². The van der Waals surface area contributed by atoms with Gasteiger partial charge in [0, 0.05) is 18.8 Å². The summed E-state index contributed by atoms with van der Waals surface area (Å²) in [5, 5.41) is 2.44. The molecule has 3 aromatic rings. The van der Waals surface area contributed by atoms with Crippen molar-refractivity contribution in [3.8, 4) is 0 Å². The number of hydrogen-bond acceptors (Lipinski definition) is 6. The second kappa shape index (κ2) is 6.80. The molecule has 0 aliphatic carbocycles. The van der Waals surface area contributed by atoms with Crippen LogP contribution in [0.5, 0.6) is 0 Å². The Hall–Kier alpha value is -2.69. The lowest BCUT2D eigenvalue weighted by atomic mass is 10.2. The molecule has 0 atom stereocenters. The number of benzene rings is 1. The molecular formula is C17H18N4O5S. The number of nitrogens with one attached hydrogen (secondary N) is 2. The average molecular weight is 390 g/mol. The molecule has 27 heavy (non-hydrogen) atoms. The van der Waals surface area contributed by atoms with Crippen LogP contribution in [0.4, 0.5) is 5.69 Å². The predicted molar refractivity (Wildman–Crippen MR) is 97.1 cm³/mol. The van der Waals surface area contributed by atoms with Crippen LogP contribution in [0.2, 0.25) is 0 Å². The van der Waals surface area contributed by atoms with Crippen LogP contribution in [0.15, 0.2) is 39.8 Å². The Morgan fingerprint density at radius 1 is 1.22 bits per heavy atom. The van der Waals surface area contributed by atoms with Gasteiger partial charge in [0.1, 0.15) is 5.82 Å². The maximum Gasteiger partial charge on any atom is 0.291 e. The number of hydrogen-bond donors (Lipinski definition) is 2. The minimum Gasteiger partial charge on any atom is -0.438 e.